The Bertz CT molecular complexity index is 1230. The predicted molar refractivity (Wildman–Crippen MR) is 127 cm³/mol. The number of rotatable bonds is 9. The first kappa shape index (κ1) is 24.4. The predicted octanol–water partition coefficient (Wildman–Crippen LogP) is 1.02. The van der Waals surface area contributed by atoms with Gasteiger partial charge in [-0.3, -0.25) is 14.4 Å². The van der Waals surface area contributed by atoms with E-state index in [4.69, 9.17) is 4.74 Å². The van der Waals surface area contributed by atoms with Crippen molar-refractivity contribution in [2.45, 2.75) is 63.1 Å². The number of carboxylic acid groups (broad SMARTS) is 1. The molecule has 3 aliphatic rings. The molecule has 3 fully saturated rings. The highest BCUT2D eigenvalue weighted by Crippen LogP contribution is 2.63. The molecule has 11 heteroatoms. The third-order valence-electron chi connectivity index (χ3n) is 8.18. The molecule has 2 amide bonds. The molecule has 1 spiro atoms. The molecule has 2 unspecified atom stereocenters. The molecular weight excluding hydrogens is 466 g/mol. The summed E-state index contributed by atoms with van der Waals surface area (Å²) in [5.74, 6) is -4.02. The van der Waals surface area contributed by atoms with Gasteiger partial charge in [0.1, 0.15) is 23.8 Å². The second kappa shape index (κ2) is 8.67. The van der Waals surface area contributed by atoms with E-state index >= 15 is 0 Å². The number of ether oxygens (including phenoxy) is 1. The number of carboxylic acids is 1. The summed E-state index contributed by atoms with van der Waals surface area (Å²) in [5, 5.41) is 28.5. The number of nitrogens with zero attached hydrogens (tertiary/aromatic N) is 5. The normalized spacial score (nSPS) is 31.6. The van der Waals surface area contributed by atoms with E-state index in [9.17, 15) is 24.6 Å². The quantitative estimate of drug-likeness (QED) is 0.490. The number of carbonyl (C=O) groups excluding carboxylic acids is 2. The lowest BCUT2D eigenvalue weighted by molar-refractivity contribution is -0.159. The molecule has 1 aromatic heterocycles. The zero-order chi connectivity index (χ0) is 25.8. The highest BCUT2D eigenvalue weighted by Gasteiger charge is 2.78. The minimum absolute atomic E-state index is 0.0557. The van der Waals surface area contributed by atoms with Crippen LogP contribution in [0, 0.1) is 11.8 Å². The molecule has 36 heavy (non-hydrogen) atoms. The molecule has 2 aromatic rings. The average molecular weight is 498 g/mol. The van der Waals surface area contributed by atoms with Crippen LogP contribution in [0.15, 0.2) is 36.9 Å². The topological polar surface area (TPSA) is 138 Å². The minimum Gasteiger partial charge on any atom is -0.481 e. The molecule has 1 aromatic carbocycles. The second-order valence-electron chi connectivity index (χ2n) is 10.1. The summed E-state index contributed by atoms with van der Waals surface area (Å²) in [7, 11) is 0. The SMILES string of the molecule is C=CCN(Cn1nnc2ccccc21)C(=O)C1N([C@@H](CC)CO)C(=O)[C@@H]2[C@H](C(=O)O)[C@]3(C)CCC12O3. The monoisotopic (exact) mass is 497 g/mol. The molecule has 192 valence electrons. The lowest BCUT2D eigenvalue weighted by atomic mass is 9.66. The first-order valence-electron chi connectivity index (χ1n) is 12.3. The van der Waals surface area contributed by atoms with Crippen molar-refractivity contribution in [3.05, 3.63) is 36.9 Å². The van der Waals surface area contributed by atoms with Crippen molar-refractivity contribution in [3.63, 3.8) is 0 Å². The standard InChI is InChI=1S/C25H31N5O6/c1-4-12-28(14-29-17-9-7-6-8-16(17)26-27-29)22(33)20-25-11-10-24(3,36-25)19(23(34)35)18(25)21(32)30(20)15(5-2)13-31/h4,6-9,15,18-20,31H,1,5,10-14H2,2-3H3,(H,34,35)/t15-,18-,19+,20?,24-,25?/m0/s1. The Morgan fingerprint density at radius 2 is 2.11 bits per heavy atom. The Balaban J connectivity index is 1.58. The lowest BCUT2D eigenvalue weighted by Gasteiger charge is -2.39. The Kier molecular flexibility index (Phi) is 5.87. The first-order chi connectivity index (χ1) is 17.2. The van der Waals surface area contributed by atoms with Gasteiger partial charge in [0.25, 0.3) is 0 Å². The molecule has 0 saturated carbocycles. The fraction of sp³-hybridized carbons (Fsp3) is 0.560. The van der Waals surface area contributed by atoms with E-state index in [-0.39, 0.29) is 19.8 Å². The van der Waals surface area contributed by atoms with Gasteiger partial charge in [-0.05, 0) is 38.3 Å². The maximum atomic E-state index is 14.3. The van der Waals surface area contributed by atoms with Gasteiger partial charge < -0.3 is 24.7 Å². The van der Waals surface area contributed by atoms with E-state index in [1.807, 2.05) is 31.2 Å². The Hall–Kier alpha value is -3.31. The van der Waals surface area contributed by atoms with Crippen LogP contribution in [0.25, 0.3) is 11.0 Å². The summed E-state index contributed by atoms with van der Waals surface area (Å²) in [4.78, 5) is 43.4. The summed E-state index contributed by atoms with van der Waals surface area (Å²) in [6.07, 6.45) is 2.80. The van der Waals surface area contributed by atoms with Crippen LogP contribution in [0.2, 0.25) is 0 Å². The van der Waals surface area contributed by atoms with Crippen LogP contribution in [-0.2, 0) is 25.8 Å². The minimum atomic E-state index is -1.28. The van der Waals surface area contributed by atoms with Crippen LogP contribution in [0.3, 0.4) is 0 Å². The summed E-state index contributed by atoms with van der Waals surface area (Å²) in [6, 6.07) is 5.66. The van der Waals surface area contributed by atoms with Gasteiger partial charge in [-0.25, -0.2) is 4.68 Å². The number of aliphatic hydroxyl groups excluding tert-OH is 1. The van der Waals surface area contributed by atoms with Crippen molar-refractivity contribution in [3.8, 4) is 0 Å². The van der Waals surface area contributed by atoms with Crippen LogP contribution in [0.1, 0.15) is 33.1 Å². The zero-order valence-electron chi connectivity index (χ0n) is 20.4. The van der Waals surface area contributed by atoms with Gasteiger partial charge in [-0.15, -0.1) is 11.7 Å². The number of hydrogen-bond acceptors (Lipinski definition) is 7. The van der Waals surface area contributed by atoms with E-state index in [1.54, 1.807) is 17.7 Å². The van der Waals surface area contributed by atoms with Gasteiger partial charge in [0.05, 0.1) is 35.6 Å². The number of fused-ring (bicyclic) bond motifs is 2. The maximum Gasteiger partial charge on any atom is 0.310 e. The molecule has 4 heterocycles. The molecule has 0 radical (unpaired) electrons. The van der Waals surface area contributed by atoms with Crippen LogP contribution in [0.4, 0.5) is 0 Å². The second-order valence-corrected chi connectivity index (χ2v) is 10.1. The van der Waals surface area contributed by atoms with Crippen molar-refractivity contribution in [2.24, 2.45) is 11.8 Å². The molecule has 2 N–H and O–H groups in total. The third kappa shape index (κ3) is 3.29. The van der Waals surface area contributed by atoms with E-state index < -0.39 is 52.9 Å². The number of benzene rings is 1. The van der Waals surface area contributed by atoms with Crippen molar-refractivity contribution in [1.29, 1.82) is 0 Å². The van der Waals surface area contributed by atoms with Crippen LogP contribution < -0.4 is 0 Å². The van der Waals surface area contributed by atoms with Gasteiger partial charge in [0.2, 0.25) is 11.8 Å². The first-order valence-corrected chi connectivity index (χ1v) is 12.3. The fourth-order valence-electron chi connectivity index (χ4n) is 6.56. The Labute approximate surface area is 208 Å². The molecule has 2 bridgehead atoms. The smallest absolute Gasteiger partial charge is 0.310 e. The van der Waals surface area contributed by atoms with Crippen LogP contribution in [0.5, 0.6) is 0 Å². The molecule has 5 rings (SSSR count). The van der Waals surface area contributed by atoms with E-state index in [0.29, 0.717) is 24.8 Å². The number of hydrogen-bond donors (Lipinski definition) is 2. The lowest BCUT2D eigenvalue weighted by Crippen LogP contribution is -2.59. The van der Waals surface area contributed by atoms with Gasteiger partial charge >= 0.3 is 5.97 Å². The van der Waals surface area contributed by atoms with E-state index in [2.05, 4.69) is 16.9 Å². The summed E-state index contributed by atoms with van der Waals surface area (Å²) in [6.45, 7) is 7.20. The third-order valence-corrected chi connectivity index (χ3v) is 8.18. The number of aliphatic carboxylic acids is 1. The van der Waals surface area contributed by atoms with Crippen molar-refractivity contribution < 1.29 is 29.3 Å². The number of aromatic nitrogens is 3. The van der Waals surface area contributed by atoms with Crippen molar-refractivity contribution in [1.82, 2.24) is 24.8 Å². The molecule has 3 aliphatic heterocycles. The fourth-order valence-corrected chi connectivity index (χ4v) is 6.56. The highest BCUT2D eigenvalue weighted by atomic mass is 16.5. The largest absolute Gasteiger partial charge is 0.481 e. The van der Waals surface area contributed by atoms with Gasteiger partial charge in [-0.2, -0.15) is 0 Å². The number of carbonyl (C=O) groups is 3. The highest BCUT2D eigenvalue weighted by molar-refractivity contribution is 5.98. The van der Waals surface area contributed by atoms with Crippen LogP contribution >= 0.6 is 0 Å². The summed E-state index contributed by atoms with van der Waals surface area (Å²) in [5.41, 5.74) is -0.893. The Morgan fingerprint density at radius 1 is 1.36 bits per heavy atom. The maximum absolute atomic E-state index is 14.3. The number of aliphatic hydroxyl groups is 1. The zero-order valence-corrected chi connectivity index (χ0v) is 20.4. The van der Waals surface area contributed by atoms with Gasteiger partial charge in [0, 0.05) is 6.54 Å². The summed E-state index contributed by atoms with van der Waals surface area (Å²) < 4.78 is 8.02. The molecular formula is C25H31N5O6. The molecule has 3 saturated heterocycles. The molecule has 6 atom stereocenters. The number of para-hydroxylation sites is 1. The van der Waals surface area contributed by atoms with Gasteiger partial charge in [0.15, 0.2) is 0 Å². The van der Waals surface area contributed by atoms with Crippen molar-refractivity contribution >= 4 is 28.8 Å². The molecule has 11 nitrogen and oxygen atoms in total. The number of likely N-dealkylation sites (tertiary alicyclic amines) is 1. The number of amides is 2. The Morgan fingerprint density at radius 3 is 2.78 bits per heavy atom. The van der Waals surface area contributed by atoms with Gasteiger partial charge in [-0.1, -0.05) is 30.3 Å². The van der Waals surface area contributed by atoms with Crippen LogP contribution in [-0.4, -0.2) is 89.2 Å². The average Bonchev–Trinajstić information content (AvgIpc) is 3.55. The summed E-state index contributed by atoms with van der Waals surface area (Å²) >= 11 is 0. The van der Waals surface area contributed by atoms with Crippen molar-refractivity contribution in [2.75, 3.05) is 13.2 Å². The molecule has 0 aliphatic carbocycles. The van der Waals surface area contributed by atoms with E-state index in [1.165, 1.54) is 9.80 Å². The van der Waals surface area contributed by atoms with E-state index in [0.717, 1.165) is 5.52 Å².